The van der Waals surface area contributed by atoms with E-state index in [4.69, 9.17) is 9.84 Å². The predicted molar refractivity (Wildman–Crippen MR) is 91.2 cm³/mol. The zero-order chi connectivity index (χ0) is 16.7. The van der Waals surface area contributed by atoms with Crippen LogP contribution in [0.4, 0.5) is 0 Å². The largest absolute Gasteiger partial charge is 0.395 e. The molecule has 6 nitrogen and oxygen atoms in total. The first-order chi connectivity index (χ1) is 11.2. The molecule has 1 heterocycles. The van der Waals surface area contributed by atoms with Crippen molar-refractivity contribution in [1.29, 1.82) is 0 Å². The van der Waals surface area contributed by atoms with Crippen LogP contribution in [0, 0.1) is 0 Å². The number of carbonyl (C=O) groups is 1. The number of aliphatic hydroxyl groups is 1. The minimum Gasteiger partial charge on any atom is -0.395 e. The third-order valence-electron chi connectivity index (χ3n) is 3.38. The molecule has 2 N–H and O–H groups in total. The van der Waals surface area contributed by atoms with E-state index in [1.807, 2.05) is 24.3 Å². The lowest BCUT2D eigenvalue weighted by molar-refractivity contribution is 0.0695. The first-order valence-corrected chi connectivity index (χ1v) is 8.15. The quantitative estimate of drug-likeness (QED) is 0.687. The van der Waals surface area contributed by atoms with Crippen molar-refractivity contribution >= 4 is 21.8 Å². The van der Waals surface area contributed by atoms with E-state index >= 15 is 0 Å². The van der Waals surface area contributed by atoms with Gasteiger partial charge in [-0.3, -0.25) is 9.89 Å². The van der Waals surface area contributed by atoms with Gasteiger partial charge in [-0.2, -0.15) is 5.10 Å². The number of amides is 1. The molecule has 0 fully saturated rings. The molecule has 2 rings (SSSR count). The summed E-state index contributed by atoms with van der Waals surface area (Å²) in [7, 11) is 1.62. The maximum absolute atomic E-state index is 12.5. The summed E-state index contributed by atoms with van der Waals surface area (Å²) in [5, 5.41) is 16.1. The van der Waals surface area contributed by atoms with Gasteiger partial charge in [0.1, 0.15) is 5.69 Å². The van der Waals surface area contributed by atoms with Crippen LogP contribution in [0.25, 0.3) is 11.3 Å². The molecule has 0 atom stereocenters. The summed E-state index contributed by atoms with van der Waals surface area (Å²) in [6, 6.07) is 9.44. The summed E-state index contributed by atoms with van der Waals surface area (Å²) in [6.45, 7) is 1.31. The fraction of sp³-hybridized carbons (Fsp3) is 0.375. The van der Waals surface area contributed by atoms with E-state index in [0.717, 1.165) is 16.5 Å². The van der Waals surface area contributed by atoms with Gasteiger partial charge in [-0.1, -0.05) is 28.1 Å². The highest BCUT2D eigenvalue weighted by Crippen LogP contribution is 2.21. The molecule has 0 aliphatic heterocycles. The molecule has 1 aromatic carbocycles. The van der Waals surface area contributed by atoms with Crippen LogP contribution < -0.4 is 0 Å². The molecule has 23 heavy (non-hydrogen) atoms. The average Bonchev–Trinajstić information content (AvgIpc) is 3.04. The van der Waals surface area contributed by atoms with Crippen molar-refractivity contribution in [3.8, 4) is 11.3 Å². The molecule has 0 radical (unpaired) electrons. The topological polar surface area (TPSA) is 78.5 Å². The van der Waals surface area contributed by atoms with E-state index in [9.17, 15) is 4.79 Å². The number of rotatable bonds is 8. The highest BCUT2D eigenvalue weighted by Gasteiger charge is 2.18. The first-order valence-electron chi connectivity index (χ1n) is 7.36. The molecular formula is C16H20BrN3O3. The van der Waals surface area contributed by atoms with Crippen molar-refractivity contribution in [2.75, 3.05) is 33.4 Å². The Labute approximate surface area is 143 Å². The number of hydrogen-bond donors (Lipinski definition) is 2. The molecule has 0 unspecified atom stereocenters. The van der Waals surface area contributed by atoms with Gasteiger partial charge in [0.15, 0.2) is 0 Å². The van der Waals surface area contributed by atoms with Gasteiger partial charge < -0.3 is 14.7 Å². The van der Waals surface area contributed by atoms with Gasteiger partial charge in [0.25, 0.3) is 5.91 Å². The van der Waals surface area contributed by atoms with Gasteiger partial charge >= 0.3 is 0 Å². The number of methoxy groups -OCH3 is 1. The number of carbonyl (C=O) groups excluding carboxylic acids is 1. The van der Waals surface area contributed by atoms with Crippen LogP contribution in [0.15, 0.2) is 34.8 Å². The molecule has 1 amide bonds. The Balaban J connectivity index is 2.10. The number of aromatic amines is 1. The Kier molecular flexibility index (Phi) is 6.76. The van der Waals surface area contributed by atoms with Gasteiger partial charge in [0, 0.05) is 36.8 Å². The molecular weight excluding hydrogens is 362 g/mol. The van der Waals surface area contributed by atoms with Crippen LogP contribution in [0.1, 0.15) is 16.9 Å². The zero-order valence-corrected chi connectivity index (χ0v) is 14.5. The van der Waals surface area contributed by atoms with Crippen LogP contribution in [-0.4, -0.2) is 59.5 Å². The minimum absolute atomic E-state index is 0.0770. The van der Waals surface area contributed by atoms with Crippen molar-refractivity contribution in [2.45, 2.75) is 6.42 Å². The summed E-state index contributed by atoms with van der Waals surface area (Å²) in [5.41, 5.74) is 2.05. The Morgan fingerprint density at radius 1 is 1.35 bits per heavy atom. The molecule has 0 spiro atoms. The van der Waals surface area contributed by atoms with Crippen molar-refractivity contribution in [2.24, 2.45) is 0 Å². The standard InChI is InChI=1S/C16H20BrN3O3/c1-23-10-2-7-20(8-9-21)16(22)15-11-14(18-19-15)12-3-5-13(17)6-4-12/h3-6,11,21H,2,7-10H2,1H3,(H,18,19). The summed E-state index contributed by atoms with van der Waals surface area (Å²) in [4.78, 5) is 14.1. The van der Waals surface area contributed by atoms with E-state index in [-0.39, 0.29) is 19.1 Å². The molecule has 7 heteroatoms. The third-order valence-corrected chi connectivity index (χ3v) is 3.91. The van der Waals surface area contributed by atoms with E-state index in [1.54, 1.807) is 18.1 Å². The number of ether oxygens (including phenoxy) is 1. The Morgan fingerprint density at radius 3 is 2.74 bits per heavy atom. The lowest BCUT2D eigenvalue weighted by Gasteiger charge is -2.20. The number of H-pyrrole nitrogens is 1. The van der Waals surface area contributed by atoms with Crippen molar-refractivity contribution in [3.63, 3.8) is 0 Å². The first kappa shape index (κ1) is 17.7. The second kappa shape index (κ2) is 8.81. The molecule has 0 aliphatic carbocycles. The lowest BCUT2D eigenvalue weighted by Crippen LogP contribution is -2.35. The van der Waals surface area contributed by atoms with Crippen LogP contribution in [0.3, 0.4) is 0 Å². The van der Waals surface area contributed by atoms with Gasteiger partial charge in [0.05, 0.1) is 12.3 Å². The lowest BCUT2D eigenvalue weighted by atomic mass is 10.1. The number of nitrogens with zero attached hydrogens (tertiary/aromatic N) is 2. The normalized spacial score (nSPS) is 10.7. The van der Waals surface area contributed by atoms with E-state index in [1.165, 1.54) is 0 Å². The second-order valence-corrected chi connectivity index (χ2v) is 5.95. The molecule has 0 aliphatic rings. The fourth-order valence-corrected chi connectivity index (χ4v) is 2.47. The zero-order valence-electron chi connectivity index (χ0n) is 13.0. The summed E-state index contributed by atoms with van der Waals surface area (Å²) < 4.78 is 5.99. The van der Waals surface area contributed by atoms with Crippen LogP contribution in [0.5, 0.6) is 0 Å². The Bertz CT molecular complexity index is 628. The molecule has 0 bridgehead atoms. The highest BCUT2D eigenvalue weighted by molar-refractivity contribution is 9.10. The summed E-state index contributed by atoms with van der Waals surface area (Å²) in [6.07, 6.45) is 0.718. The molecule has 1 aromatic heterocycles. The molecule has 124 valence electrons. The number of hydrogen-bond acceptors (Lipinski definition) is 4. The molecule has 0 saturated carbocycles. The van der Waals surface area contributed by atoms with Crippen LogP contribution >= 0.6 is 15.9 Å². The Morgan fingerprint density at radius 2 is 2.09 bits per heavy atom. The van der Waals surface area contributed by atoms with Crippen molar-refractivity contribution in [1.82, 2.24) is 15.1 Å². The average molecular weight is 382 g/mol. The van der Waals surface area contributed by atoms with Crippen LogP contribution in [0.2, 0.25) is 0 Å². The maximum Gasteiger partial charge on any atom is 0.271 e. The molecule has 2 aromatic rings. The number of benzene rings is 1. The van der Waals surface area contributed by atoms with Gasteiger partial charge in [0.2, 0.25) is 0 Å². The highest BCUT2D eigenvalue weighted by atomic mass is 79.9. The van der Waals surface area contributed by atoms with Crippen LogP contribution in [-0.2, 0) is 4.74 Å². The van der Waals surface area contributed by atoms with Gasteiger partial charge in [-0.05, 0) is 24.6 Å². The van der Waals surface area contributed by atoms with E-state index in [0.29, 0.717) is 24.5 Å². The number of nitrogens with one attached hydrogen (secondary N) is 1. The van der Waals surface area contributed by atoms with E-state index < -0.39 is 0 Å². The number of halogens is 1. The second-order valence-electron chi connectivity index (χ2n) is 5.04. The molecule has 0 saturated heterocycles. The fourth-order valence-electron chi connectivity index (χ4n) is 2.21. The summed E-state index contributed by atoms with van der Waals surface area (Å²) >= 11 is 3.39. The SMILES string of the molecule is COCCCN(CCO)C(=O)c1cc(-c2ccc(Br)cc2)n[nH]1. The predicted octanol–water partition coefficient (Wildman–Crippen LogP) is 2.31. The maximum atomic E-state index is 12.5. The number of aliphatic hydroxyl groups excluding tert-OH is 1. The van der Waals surface area contributed by atoms with E-state index in [2.05, 4.69) is 26.1 Å². The van der Waals surface area contributed by atoms with Gasteiger partial charge in [-0.25, -0.2) is 0 Å². The smallest absolute Gasteiger partial charge is 0.271 e. The van der Waals surface area contributed by atoms with Crippen molar-refractivity contribution in [3.05, 3.63) is 40.5 Å². The van der Waals surface area contributed by atoms with Gasteiger partial charge in [-0.15, -0.1) is 0 Å². The monoisotopic (exact) mass is 381 g/mol. The summed E-state index contributed by atoms with van der Waals surface area (Å²) in [5.74, 6) is -0.175. The Hall–Kier alpha value is -1.70. The van der Waals surface area contributed by atoms with Crippen molar-refractivity contribution < 1.29 is 14.6 Å². The number of aromatic nitrogens is 2. The minimum atomic E-state index is -0.175. The third kappa shape index (κ3) is 4.89.